The number of carbonyl (C=O) groups excluding carboxylic acids is 3. The van der Waals surface area contributed by atoms with E-state index in [9.17, 15) is 14.4 Å². The van der Waals surface area contributed by atoms with Gasteiger partial charge in [-0.2, -0.15) is 0 Å². The Labute approximate surface area is 157 Å². The van der Waals surface area contributed by atoms with Crippen molar-refractivity contribution in [3.63, 3.8) is 0 Å². The van der Waals surface area contributed by atoms with Crippen LogP contribution in [0.4, 0.5) is 11.4 Å². The fourth-order valence-electron chi connectivity index (χ4n) is 3.03. The summed E-state index contributed by atoms with van der Waals surface area (Å²) in [4.78, 5) is 37.3. The minimum atomic E-state index is -0.387. The van der Waals surface area contributed by atoms with Gasteiger partial charge in [-0.1, -0.05) is 30.3 Å². The Hall–Kier alpha value is -3.19. The van der Waals surface area contributed by atoms with Crippen molar-refractivity contribution in [2.24, 2.45) is 5.73 Å². The second kappa shape index (κ2) is 8.46. The number of benzene rings is 2. The normalized spacial score (nSPS) is 12.4. The molecule has 0 saturated heterocycles. The third-order valence-corrected chi connectivity index (χ3v) is 4.41. The Kier molecular flexibility index (Phi) is 5.83. The number of nitrogens with two attached hydrogens (primary N) is 1. The van der Waals surface area contributed by atoms with E-state index in [0.29, 0.717) is 18.7 Å². The molecule has 0 fully saturated rings. The second-order valence-electron chi connectivity index (χ2n) is 6.33. The lowest BCUT2D eigenvalue weighted by Gasteiger charge is -2.17. The van der Waals surface area contributed by atoms with Crippen LogP contribution in [0.5, 0.6) is 0 Å². The third-order valence-electron chi connectivity index (χ3n) is 4.41. The SMILES string of the molecule is NCC(=O)NCC(=O)Nc1ccc(CC(=O)N2CCc3ccccc32)cc1. The summed E-state index contributed by atoms with van der Waals surface area (Å²) >= 11 is 0. The van der Waals surface area contributed by atoms with E-state index in [2.05, 4.69) is 16.7 Å². The summed E-state index contributed by atoms with van der Waals surface area (Å²) in [7, 11) is 0. The van der Waals surface area contributed by atoms with Gasteiger partial charge in [-0.15, -0.1) is 0 Å². The van der Waals surface area contributed by atoms with Crippen LogP contribution in [0, 0.1) is 0 Å². The van der Waals surface area contributed by atoms with Crippen molar-refractivity contribution in [3.05, 3.63) is 59.7 Å². The first-order valence-electron chi connectivity index (χ1n) is 8.80. The average molecular weight is 366 g/mol. The van der Waals surface area contributed by atoms with E-state index in [4.69, 9.17) is 5.73 Å². The number of nitrogens with one attached hydrogen (secondary N) is 2. The molecular formula is C20H22N4O3. The number of rotatable bonds is 6. The molecule has 0 aliphatic carbocycles. The number of carbonyl (C=O) groups is 3. The maximum Gasteiger partial charge on any atom is 0.243 e. The van der Waals surface area contributed by atoms with Crippen LogP contribution in [0.1, 0.15) is 11.1 Å². The van der Waals surface area contributed by atoms with Gasteiger partial charge in [0.25, 0.3) is 0 Å². The monoisotopic (exact) mass is 366 g/mol. The van der Waals surface area contributed by atoms with Gasteiger partial charge in [0.15, 0.2) is 0 Å². The molecule has 7 nitrogen and oxygen atoms in total. The molecule has 0 unspecified atom stereocenters. The molecule has 1 aliphatic heterocycles. The number of fused-ring (bicyclic) bond motifs is 1. The average Bonchev–Trinajstić information content (AvgIpc) is 3.12. The zero-order chi connectivity index (χ0) is 19.2. The highest BCUT2D eigenvalue weighted by Crippen LogP contribution is 2.28. The molecule has 0 bridgehead atoms. The molecule has 3 amide bonds. The molecule has 0 radical (unpaired) electrons. The molecule has 2 aromatic carbocycles. The minimum Gasteiger partial charge on any atom is -0.346 e. The van der Waals surface area contributed by atoms with E-state index < -0.39 is 0 Å². The Morgan fingerprint density at radius 3 is 2.48 bits per heavy atom. The van der Waals surface area contributed by atoms with Gasteiger partial charge in [-0.3, -0.25) is 14.4 Å². The van der Waals surface area contributed by atoms with Crippen LogP contribution in [0.15, 0.2) is 48.5 Å². The number of amides is 3. The largest absolute Gasteiger partial charge is 0.346 e. The first-order valence-corrected chi connectivity index (χ1v) is 8.80. The summed E-state index contributed by atoms with van der Waals surface area (Å²) in [5.74, 6) is -0.668. The van der Waals surface area contributed by atoms with Crippen molar-refractivity contribution >= 4 is 29.1 Å². The molecule has 4 N–H and O–H groups in total. The maximum absolute atomic E-state index is 12.6. The van der Waals surface area contributed by atoms with Gasteiger partial charge in [-0.25, -0.2) is 0 Å². The van der Waals surface area contributed by atoms with Crippen molar-refractivity contribution in [3.8, 4) is 0 Å². The van der Waals surface area contributed by atoms with Crippen LogP contribution >= 0.6 is 0 Å². The van der Waals surface area contributed by atoms with Gasteiger partial charge < -0.3 is 21.3 Å². The van der Waals surface area contributed by atoms with E-state index in [1.54, 1.807) is 12.1 Å². The molecule has 3 rings (SSSR count). The van der Waals surface area contributed by atoms with Crippen LogP contribution in [-0.4, -0.2) is 37.4 Å². The van der Waals surface area contributed by atoms with Crippen molar-refractivity contribution in [2.75, 3.05) is 29.9 Å². The lowest BCUT2D eigenvalue weighted by molar-refractivity contribution is -0.123. The Balaban J connectivity index is 1.54. The minimum absolute atomic E-state index is 0.0567. The molecule has 0 atom stereocenters. The topological polar surface area (TPSA) is 105 Å². The number of anilines is 2. The molecule has 7 heteroatoms. The van der Waals surface area contributed by atoms with Gasteiger partial charge in [0, 0.05) is 17.9 Å². The van der Waals surface area contributed by atoms with E-state index in [1.165, 1.54) is 5.56 Å². The van der Waals surface area contributed by atoms with Crippen molar-refractivity contribution in [2.45, 2.75) is 12.8 Å². The van der Waals surface area contributed by atoms with Crippen LogP contribution in [0.2, 0.25) is 0 Å². The van der Waals surface area contributed by atoms with Crippen LogP contribution in [0.25, 0.3) is 0 Å². The summed E-state index contributed by atoms with van der Waals surface area (Å²) in [6, 6.07) is 15.1. The third kappa shape index (κ3) is 4.71. The van der Waals surface area contributed by atoms with Gasteiger partial charge >= 0.3 is 0 Å². The molecule has 0 aromatic heterocycles. The van der Waals surface area contributed by atoms with Crippen LogP contribution in [-0.2, 0) is 27.2 Å². The van der Waals surface area contributed by atoms with Crippen molar-refractivity contribution in [1.82, 2.24) is 5.32 Å². The lowest BCUT2D eigenvalue weighted by atomic mass is 10.1. The Morgan fingerprint density at radius 1 is 1.00 bits per heavy atom. The van der Waals surface area contributed by atoms with Crippen molar-refractivity contribution < 1.29 is 14.4 Å². The highest BCUT2D eigenvalue weighted by Gasteiger charge is 2.23. The first-order chi connectivity index (χ1) is 13.1. The zero-order valence-electron chi connectivity index (χ0n) is 14.9. The number of hydrogen-bond acceptors (Lipinski definition) is 4. The summed E-state index contributed by atoms with van der Waals surface area (Å²) in [5.41, 5.74) is 8.83. The van der Waals surface area contributed by atoms with Crippen LogP contribution in [0.3, 0.4) is 0 Å². The molecule has 27 heavy (non-hydrogen) atoms. The highest BCUT2D eigenvalue weighted by atomic mass is 16.2. The standard InChI is InChI=1S/C20H22N4O3/c21-12-18(25)22-13-19(26)23-16-7-5-14(6-8-16)11-20(27)24-10-9-15-3-1-2-4-17(15)24/h1-8H,9-13,21H2,(H,22,25)(H,23,26). The zero-order valence-corrected chi connectivity index (χ0v) is 14.9. The Bertz CT molecular complexity index is 849. The van der Waals surface area contributed by atoms with E-state index >= 15 is 0 Å². The smallest absolute Gasteiger partial charge is 0.243 e. The first kappa shape index (κ1) is 18.6. The molecule has 140 valence electrons. The second-order valence-corrected chi connectivity index (χ2v) is 6.33. The van der Waals surface area contributed by atoms with Crippen molar-refractivity contribution in [1.29, 1.82) is 0 Å². The van der Waals surface area contributed by atoms with E-state index in [0.717, 1.165) is 17.7 Å². The van der Waals surface area contributed by atoms with E-state index in [1.807, 2.05) is 35.2 Å². The molecule has 1 aliphatic rings. The lowest BCUT2D eigenvalue weighted by Crippen LogP contribution is -2.36. The highest BCUT2D eigenvalue weighted by molar-refractivity contribution is 5.97. The molecule has 1 heterocycles. The summed E-state index contributed by atoms with van der Waals surface area (Å²) in [6.07, 6.45) is 1.18. The summed E-state index contributed by atoms with van der Waals surface area (Å²) < 4.78 is 0. The maximum atomic E-state index is 12.6. The quantitative estimate of drug-likeness (QED) is 0.704. The van der Waals surface area contributed by atoms with Gasteiger partial charge in [0.2, 0.25) is 17.7 Å². The van der Waals surface area contributed by atoms with Gasteiger partial charge in [0.1, 0.15) is 0 Å². The summed E-state index contributed by atoms with van der Waals surface area (Å²) in [5, 5.41) is 5.08. The fourth-order valence-corrected chi connectivity index (χ4v) is 3.03. The van der Waals surface area contributed by atoms with Gasteiger partial charge in [-0.05, 0) is 35.7 Å². The molecular weight excluding hydrogens is 344 g/mol. The predicted octanol–water partition coefficient (Wildman–Crippen LogP) is 0.832. The van der Waals surface area contributed by atoms with E-state index in [-0.39, 0.29) is 30.8 Å². The fraction of sp³-hybridized carbons (Fsp3) is 0.250. The number of nitrogens with zero attached hydrogens (tertiary/aromatic N) is 1. The molecule has 0 spiro atoms. The summed E-state index contributed by atoms with van der Waals surface area (Å²) in [6.45, 7) is 0.420. The Morgan fingerprint density at radius 2 is 1.74 bits per heavy atom. The molecule has 2 aromatic rings. The predicted molar refractivity (Wildman–Crippen MR) is 103 cm³/mol. The number of hydrogen-bond donors (Lipinski definition) is 3. The molecule has 0 saturated carbocycles. The van der Waals surface area contributed by atoms with Crippen LogP contribution < -0.4 is 21.3 Å². The van der Waals surface area contributed by atoms with Gasteiger partial charge in [0.05, 0.1) is 19.5 Å². The number of para-hydroxylation sites is 1.